The van der Waals surface area contributed by atoms with Crippen LogP contribution in [0.3, 0.4) is 0 Å². The van der Waals surface area contributed by atoms with Crippen LogP contribution in [0, 0.1) is 0 Å². The summed E-state index contributed by atoms with van der Waals surface area (Å²) < 4.78 is 6.50. The molecular formula is C18H18BrNO2. The number of nitrogens with zero attached hydrogens (tertiary/aromatic N) is 1. The molecule has 1 aliphatic rings. The first-order valence-corrected chi connectivity index (χ1v) is 8.17. The Balaban J connectivity index is 1.68. The summed E-state index contributed by atoms with van der Waals surface area (Å²) in [5, 5.41) is 0. The predicted octanol–water partition coefficient (Wildman–Crippen LogP) is 4.53. The van der Waals surface area contributed by atoms with E-state index < -0.39 is 0 Å². The number of rotatable bonds is 2. The van der Waals surface area contributed by atoms with E-state index in [4.69, 9.17) is 4.74 Å². The number of hydrogen-bond acceptors (Lipinski definition) is 2. The molecule has 114 valence electrons. The minimum absolute atomic E-state index is 0.150. The molecule has 1 atom stereocenters. The van der Waals surface area contributed by atoms with Gasteiger partial charge in [0.25, 0.3) is 0 Å². The Bertz CT molecular complexity index is 672. The van der Waals surface area contributed by atoms with Gasteiger partial charge in [0.1, 0.15) is 6.61 Å². The van der Waals surface area contributed by atoms with Crippen molar-refractivity contribution in [3.8, 4) is 0 Å². The van der Waals surface area contributed by atoms with Crippen LogP contribution in [0.2, 0.25) is 0 Å². The molecule has 0 spiro atoms. The molecule has 0 aliphatic carbocycles. The second-order valence-corrected chi connectivity index (χ2v) is 6.55. The van der Waals surface area contributed by atoms with E-state index >= 15 is 0 Å². The van der Waals surface area contributed by atoms with Gasteiger partial charge in [0.15, 0.2) is 0 Å². The highest BCUT2D eigenvalue weighted by molar-refractivity contribution is 9.10. The number of carbonyl (C=O) groups is 1. The topological polar surface area (TPSA) is 29.5 Å². The number of benzene rings is 2. The van der Waals surface area contributed by atoms with Crippen molar-refractivity contribution in [1.82, 2.24) is 4.90 Å². The zero-order valence-electron chi connectivity index (χ0n) is 12.5. The van der Waals surface area contributed by atoms with Crippen molar-refractivity contribution in [2.24, 2.45) is 0 Å². The summed E-state index contributed by atoms with van der Waals surface area (Å²) >= 11 is 3.49. The summed E-state index contributed by atoms with van der Waals surface area (Å²) in [4.78, 5) is 14.2. The van der Waals surface area contributed by atoms with Crippen LogP contribution < -0.4 is 0 Å². The lowest BCUT2D eigenvalue weighted by atomic mass is 9.95. The fraction of sp³-hybridized carbons (Fsp3) is 0.278. The van der Waals surface area contributed by atoms with Crippen LogP contribution in [0.15, 0.2) is 53.0 Å². The second-order valence-electron chi connectivity index (χ2n) is 5.63. The van der Waals surface area contributed by atoms with Crippen molar-refractivity contribution in [1.29, 1.82) is 0 Å². The monoisotopic (exact) mass is 359 g/mol. The molecule has 0 saturated heterocycles. The van der Waals surface area contributed by atoms with Gasteiger partial charge in [-0.3, -0.25) is 0 Å². The maximum Gasteiger partial charge on any atom is 0.410 e. The summed E-state index contributed by atoms with van der Waals surface area (Å²) in [6.07, 6.45) is 0.616. The third kappa shape index (κ3) is 3.33. The maximum atomic E-state index is 12.4. The smallest absolute Gasteiger partial charge is 0.410 e. The van der Waals surface area contributed by atoms with Gasteiger partial charge in [-0.05, 0) is 42.2 Å². The molecule has 0 aromatic heterocycles. The van der Waals surface area contributed by atoms with Crippen molar-refractivity contribution in [3.63, 3.8) is 0 Å². The van der Waals surface area contributed by atoms with Gasteiger partial charge < -0.3 is 9.64 Å². The number of ether oxygens (including phenoxy) is 1. The van der Waals surface area contributed by atoms with Crippen LogP contribution in [0.4, 0.5) is 4.79 Å². The number of hydrogen-bond donors (Lipinski definition) is 0. The Kier molecular flexibility index (Phi) is 4.48. The number of halogens is 1. The van der Waals surface area contributed by atoms with E-state index in [0.29, 0.717) is 13.2 Å². The molecule has 2 aromatic rings. The fourth-order valence-corrected chi connectivity index (χ4v) is 3.16. The molecule has 3 nitrogen and oxygen atoms in total. The first kappa shape index (κ1) is 15.1. The van der Waals surface area contributed by atoms with Crippen LogP contribution in [0.25, 0.3) is 0 Å². The highest BCUT2D eigenvalue weighted by Crippen LogP contribution is 2.26. The average molecular weight is 360 g/mol. The first-order valence-electron chi connectivity index (χ1n) is 7.38. The van der Waals surface area contributed by atoms with Crippen molar-refractivity contribution in [3.05, 3.63) is 69.7 Å². The molecule has 1 amide bonds. The van der Waals surface area contributed by atoms with Crippen LogP contribution >= 0.6 is 15.9 Å². The summed E-state index contributed by atoms with van der Waals surface area (Å²) in [5.41, 5.74) is 3.50. The SMILES string of the molecule is CC1Cc2ccc(Br)cc2CN1C(=O)OCc1ccccc1. The molecule has 4 heteroatoms. The van der Waals surface area contributed by atoms with Gasteiger partial charge in [-0.25, -0.2) is 4.79 Å². The molecule has 3 rings (SSSR count). The summed E-state index contributed by atoms with van der Waals surface area (Å²) in [5.74, 6) is 0. The van der Waals surface area contributed by atoms with E-state index in [1.807, 2.05) is 30.3 Å². The third-order valence-electron chi connectivity index (χ3n) is 4.00. The number of carbonyl (C=O) groups excluding carboxylic acids is 1. The Morgan fingerprint density at radius 3 is 2.77 bits per heavy atom. The molecule has 1 unspecified atom stereocenters. The standard InChI is InChI=1S/C18H18BrNO2/c1-13-9-15-7-8-17(19)10-16(15)11-20(13)18(21)22-12-14-5-3-2-4-6-14/h2-8,10,13H,9,11-12H2,1H3. The summed E-state index contributed by atoms with van der Waals surface area (Å²) in [7, 11) is 0. The molecule has 0 saturated carbocycles. The average Bonchev–Trinajstić information content (AvgIpc) is 2.53. The van der Waals surface area contributed by atoms with Crippen molar-refractivity contribution < 1.29 is 9.53 Å². The fourth-order valence-electron chi connectivity index (χ4n) is 2.76. The van der Waals surface area contributed by atoms with Gasteiger partial charge in [0, 0.05) is 17.1 Å². The van der Waals surface area contributed by atoms with Gasteiger partial charge >= 0.3 is 6.09 Å². The van der Waals surface area contributed by atoms with Crippen LogP contribution in [0.5, 0.6) is 0 Å². The highest BCUT2D eigenvalue weighted by atomic mass is 79.9. The number of fused-ring (bicyclic) bond motifs is 1. The van der Waals surface area contributed by atoms with E-state index in [9.17, 15) is 4.79 Å². The van der Waals surface area contributed by atoms with Crippen LogP contribution in [0.1, 0.15) is 23.6 Å². The van der Waals surface area contributed by atoms with Gasteiger partial charge in [-0.2, -0.15) is 0 Å². The van der Waals surface area contributed by atoms with Gasteiger partial charge in [0.2, 0.25) is 0 Å². The molecule has 0 radical (unpaired) electrons. The Morgan fingerprint density at radius 2 is 2.00 bits per heavy atom. The normalized spacial score (nSPS) is 17.0. The van der Waals surface area contributed by atoms with Gasteiger partial charge in [-0.15, -0.1) is 0 Å². The van der Waals surface area contributed by atoms with Crippen molar-refractivity contribution >= 4 is 22.0 Å². The lowest BCUT2D eigenvalue weighted by Gasteiger charge is -2.34. The first-order chi connectivity index (χ1) is 10.6. The van der Waals surface area contributed by atoms with E-state index in [0.717, 1.165) is 16.5 Å². The molecule has 1 aliphatic heterocycles. The summed E-state index contributed by atoms with van der Waals surface area (Å²) in [6, 6.07) is 16.2. The van der Waals surface area contributed by atoms with E-state index in [-0.39, 0.29) is 12.1 Å². The summed E-state index contributed by atoms with van der Waals surface area (Å²) in [6.45, 7) is 2.98. The number of amides is 1. The molecular weight excluding hydrogens is 342 g/mol. The maximum absolute atomic E-state index is 12.4. The zero-order valence-corrected chi connectivity index (χ0v) is 14.0. The molecule has 0 fully saturated rings. The lowest BCUT2D eigenvalue weighted by molar-refractivity contribution is 0.0766. The van der Waals surface area contributed by atoms with Gasteiger partial charge in [-0.1, -0.05) is 52.3 Å². The zero-order chi connectivity index (χ0) is 15.5. The van der Waals surface area contributed by atoms with E-state index in [1.54, 1.807) is 4.90 Å². The largest absolute Gasteiger partial charge is 0.445 e. The highest BCUT2D eigenvalue weighted by Gasteiger charge is 2.27. The Hall–Kier alpha value is -1.81. The molecule has 0 bridgehead atoms. The lowest BCUT2D eigenvalue weighted by Crippen LogP contribution is -2.42. The van der Waals surface area contributed by atoms with Crippen LogP contribution in [-0.2, 0) is 24.3 Å². The molecule has 0 N–H and O–H groups in total. The van der Waals surface area contributed by atoms with Crippen molar-refractivity contribution in [2.45, 2.75) is 32.5 Å². The third-order valence-corrected chi connectivity index (χ3v) is 4.49. The van der Waals surface area contributed by atoms with Crippen LogP contribution in [-0.4, -0.2) is 17.0 Å². The minimum atomic E-state index is -0.248. The van der Waals surface area contributed by atoms with E-state index in [1.165, 1.54) is 11.1 Å². The Labute approximate surface area is 139 Å². The molecule has 2 aromatic carbocycles. The van der Waals surface area contributed by atoms with Crippen molar-refractivity contribution in [2.75, 3.05) is 0 Å². The Morgan fingerprint density at radius 1 is 1.23 bits per heavy atom. The van der Waals surface area contributed by atoms with Gasteiger partial charge in [0.05, 0.1) is 0 Å². The minimum Gasteiger partial charge on any atom is -0.445 e. The second kappa shape index (κ2) is 6.53. The predicted molar refractivity (Wildman–Crippen MR) is 89.5 cm³/mol. The van der Waals surface area contributed by atoms with E-state index in [2.05, 4.69) is 41.1 Å². The molecule has 1 heterocycles. The molecule has 22 heavy (non-hydrogen) atoms. The quantitative estimate of drug-likeness (QED) is 0.787.